The molecule has 2 aromatic rings. The Morgan fingerprint density at radius 1 is 1.37 bits per heavy atom. The summed E-state index contributed by atoms with van der Waals surface area (Å²) in [5, 5.41) is 1.94. The monoisotopic (exact) mass is 387 g/mol. The number of aromatic nitrogens is 2. The summed E-state index contributed by atoms with van der Waals surface area (Å²) in [4.78, 5) is 24.7. The average molecular weight is 388 g/mol. The summed E-state index contributed by atoms with van der Waals surface area (Å²) in [7, 11) is 0. The number of piperidine rings is 1. The van der Waals surface area contributed by atoms with E-state index >= 15 is 0 Å². The second-order valence-electron chi connectivity index (χ2n) is 6.95. The highest BCUT2D eigenvalue weighted by molar-refractivity contribution is 7.12. The van der Waals surface area contributed by atoms with E-state index in [9.17, 15) is 4.79 Å². The first kappa shape index (κ1) is 18.4. The Morgan fingerprint density at radius 3 is 3.07 bits per heavy atom. The van der Waals surface area contributed by atoms with Crippen molar-refractivity contribution in [2.75, 3.05) is 26.3 Å². The first-order valence-electron chi connectivity index (χ1n) is 9.70. The Kier molecular flexibility index (Phi) is 5.69. The predicted octanol–water partition coefficient (Wildman–Crippen LogP) is 2.90. The number of aryl methyl sites for hydroxylation is 1. The topological polar surface area (TPSA) is 64.5 Å². The van der Waals surface area contributed by atoms with Crippen LogP contribution in [0.25, 0.3) is 0 Å². The maximum absolute atomic E-state index is 12.7. The summed E-state index contributed by atoms with van der Waals surface area (Å²) in [5.74, 6) is 1.60. The standard InChI is InChI=1S/C20H25N3O3S/c1-2-18-21-16-8-11-25-10-7-15(16)19(22-18)26-14-5-3-9-23(13-14)20(24)17-6-4-12-27-17/h4,6,12,14H,2-3,5,7-11,13H2,1H3. The highest BCUT2D eigenvalue weighted by Gasteiger charge is 2.28. The van der Waals surface area contributed by atoms with Crippen LogP contribution in [0.2, 0.25) is 0 Å². The number of thiophene rings is 1. The quantitative estimate of drug-likeness (QED) is 0.807. The van der Waals surface area contributed by atoms with Crippen LogP contribution in [0.3, 0.4) is 0 Å². The largest absolute Gasteiger partial charge is 0.472 e. The summed E-state index contributed by atoms with van der Waals surface area (Å²) in [6, 6.07) is 3.80. The zero-order valence-corrected chi connectivity index (χ0v) is 16.5. The van der Waals surface area contributed by atoms with E-state index in [2.05, 4.69) is 16.9 Å². The molecule has 2 aliphatic rings. The molecule has 1 saturated heterocycles. The van der Waals surface area contributed by atoms with Crippen molar-refractivity contribution in [1.29, 1.82) is 0 Å². The minimum atomic E-state index is -0.0319. The normalized spacial score (nSPS) is 20.0. The van der Waals surface area contributed by atoms with Gasteiger partial charge < -0.3 is 14.4 Å². The Bertz CT molecular complexity index is 794. The van der Waals surface area contributed by atoms with Crippen molar-refractivity contribution < 1.29 is 14.3 Å². The second-order valence-corrected chi connectivity index (χ2v) is 7.89. The molecule has 2 aliphatic heterocycles. The molecule has 144 valence electrons. The van der Waals surface area contributed by atoms with Gasteiger partial charge in [0.25, 0.3) is 5.91 Å². The van der Waals surface area contributed by atoms with Gasteiger partial charge in [0.2, 0.25) is 5.88 Å². The molecular formula is C20H25N3O3S. The van der Waals surface area contributed by atoms with Crippen molar-refractivity contribution in [3.63, 3.8) is 0 Å². The van der Waals surface area contributed by atoms with Crippen LogP contribution >= 0.6 is 11.3 Å². The number of hydrogen-bond acceptors (Lipinski definition) is 6. The van der Waals surface area contributed by atoms with Crippen molar-refractivity contribution in [3.05, 3.63) is 39.5 Å². The molecular weight excluding hydrogens is 362 g/mol. The smallest absolute Gasteiger partial charge is 0.264 e. The van der Waals surface area contributed by atoms with Gasteiger partial charge in [-0.3, -0.25) is 4.79 Å². The molecule has 1 fully saturated rings. The number of nitrogens with zero attached hydrogens (tertiary/aromatic N) is 3. The fourth-order valence-corrected chi connectivity index (χ4v) is 4.34. The lowest BCUT2D eigenvalue weighted by atomic mass is 10.1. The first-order chi connectivity index (χ1) is 13.2. The van der Waals surface area contributed by atoms with Crippen LogP contribution in [0.1, 0.15) is 46.5 Å². The highest BCUT2D eigenvalue weighted by Crippen LogP contribution is 2.26. The maximum Gasteiger partial charge on any atom is 0.264 e. The van der Waals surface area contributed by atoms with Crippen molar-refractivity contribution in [2.45, 2.75) is 45.1 Å². The molecule has 0 aromatic carbocycles. The average Bonchev–Trinajstić information content (AvgIpc) is 3.13. The van der Waals surface area contributed by atoms with Gasteiger partial charge in [0.1, 0.15) is 11.9 Å². The van der Waals surface area contributed by atoms with E-state index in [4.69, 9.17) is 9.47 Å². The van der Waals surface area contributed by atoms with E-state index < -0.39 is 0 Å². The maximum atomic E-state index is 12.7. The summed E-state index contributed by atoms with van der Waals surface area (Å²) < 4.78 is 12.0. The molecule has 4 heterocycles. The van der Waals surface area contributed by atoms with E-state index in [0.29, 0.717) is 25.6 Å². The van der Waals surface area contributed by atoms with Gasteiger partial charge in [0.15, 0.2) is 0 Å². The fraction of sp³-hybridized carbons (Fsp3) is 0.550. The zero-order valence-electron chi connectivity index (χ0n) is 15.6. The van der Waals surface area contributed by atoms with Crippen molar-refractivity contribution in [1.82, 2.24) is 14.9 Å². The van der Waals surface area contributed by atoms with Gasteiger partial charge in [-0.2, -0.15) is 4.98 Å². The minimum absolute atomic E-state index is 0.0319. The molecule has 1 amide bonds. The van der Waals surface area contributed by atoms with Crippen LogP contribution in [-0.4, -0.2) is 53.2 Å². The molecule has 0 aliphatic carbocycles. The lowest BCUT2D eigenvalue weighted by molar-refractivity contribution is 0.0528. The van der Waals surface area contributed by atoms with Gasteiger partial charge in [-0.25, -0.2) is 4.98 Å². The van der Waals surface area contributed by atoms with Gasteiger partial charge in [-0.1, -0.05) is 13.0 Å². The van der Waals surface area contributed by atoms with Crippen LogP contribution in [0, 0.1) is 0 Å². The van der Waals surface area contributed by atoms with Crippen LogP contribution in [0.4, 0.5) is 0 Å². The van der Waals surface area contributed by atoms with E-state index in [-0.39, 0.29) is 12.0 Å². The third-order valence-electron chi connectivity index (χ3n) is 5.07. The van der Waals surface area contributed by atoms with Gasteiger partial charge in [-0.15, -0.1) is 11.3 Å². The summed E-state index contributed by atoms with van der Waals surface area (Å²) in [6.07, 6.45) is 4.20. The van der Waals surface area contributed by atoms with Crippen LogP contribution in [-0.2, 0) is 24.0 Å². The van der Waals surface area contributed by atoms with E-state index in [1.165, 1.54) is 11.3 Å². The Labute approximate surface area is 163 Å². The molecule has 27 heavy (non-hydrogen) atoms. The molecule has 7 heteroatoms. The van der Waals surface area contributed by atoms with Gasteiger partial charge >= 0.3 is 0 Å². The van der Waals surface area contributed by atoms with Crippen molar-refractivity contribution in [2.24, 2.45) is 0 Å². The molecule has 1 unspecified atom stereocenters. The lowest BCUT2D eigenvalue weighted by Gasteiger charge is -2.33. The van der Waals surface area contributed by atoms with Crippen molar-refractivity contribution in [3.8, 4) is 5.88 Å². The zero-order chi connectivity index (χ0) is 18.6. The third-order valence-corrected chi connectivity index (χ3v) is 5.93. The Morgan fingerprint density at radius 2 is 2.26 bits per heavy atom. The molecule has 1 atom stereocenters. The number of fused-ring (bicyclic) bond motifs is 1. The number of likely N-dealkylation sites (tertiary alicyclic amines) is 1. The van der Waals surface area contributed by atoms with E-state index in [1.54, 1.807) is 0 Å². The third kappa shape index (κ3) is 4.14. The fourth-order valence-electron chi connectivity index (χ4n) is 3.65. The number of rotatable bonds is 4. The molecule has 0 saturated carbocycles. The number of amides is 1. The van der Waals surface area contributed by atoms with Crippen LogP contribution in [0.5, 0.6) is 5.88 Å². The highest BCUT2D eigenvalue weighted by atomic mass is 32.1. The number of carbonyl (C=O) groups excluding carboxylic acids is 1. The predicted molar refractivity (Wildman–Crippen MR) is 104 cm³/mol. The van der Waals surface area contributed by atoms with E-state index in [0.717, 1.165) is 60.6 Å². The van der Waals surface area contributed by atoms with Gasteiger partial charge in [0, 0.05) is 31.4 Å². The summed E-state index contributed by atoms with van der Waals surface area (Å²) in [5.41, 5.74) is 2.13. The second kappa shape index (κ2) is 8.35. The lowest BCUT2D eigenvalue weighted by Crippen LogP contribution is -2.44. The van der Waals surface area contributed by atoms with E-state index in [1.807, 2.05) is 22.4 Å². The number of ether oxygens (including phenoxy) is 2. The summed E-state index contributed by atoms with van der Waals surface area (Å²) in [6.45, 7) is 4.81. The first-order valence-corrected chi connectivity index (χ1v) is 10.6. The number of hydrogen-bond donors (Lipinski definition) is 0. The molecule has 2 aromatic heterocycles. The summed E-state index contributed by atoms with van der Waals surface area (Å²) >= 11 is 1.49. The Balaban J connectivity index is 1.52. The molecule has 0 bridgehead atoms. The van der Waals surface area contributed by atoms with Gasteiger partial charge in [0.05, 0.1) is 30.3 Å². The molecule has 0 radical (unpaired) electrons. The minimum Gasteiger partial charge on any atom is -0.472 e. The number of carbonyl (C=O) groups is 1. The Hall–Kier alpha value is -1.99. The molecule has 6 nitrogen and oxygen atoms in total. The molecule has 0 spiro atoms. The molecule has 4 rings (SSSR count). The van der Waals surface area contributed by atoms with Crippen molar-refractivity contribution >= 4 is 17.2 Å². The van der Waals surface area contributed by atoms with Crippen LogP contribution in [0.15, 0.2) is 17.5 Å². The molecule has 0 N–H and O–H groups in total. The van der Waals surface area contributed by atoms with Crippen LogP contribution < -0.4 is 4.74 Å². The van der Waals surface area contributed by atoms with Gasteiger partial charge in [-0.05, 0) is 24.3 Å². The SMILES string of the molecule is CCc1nc2c(c(OC3CCCN(C(=O)c4cccs4)C3)n1)CCOCC2.